The van der Waals surface area contributed by atoms with Gasteiger partial charge in [0.1, 0.15) is 17.6 Å². The molecule has 0 saturated carbocycles. The highest BCUT2D eigenvalue weighted by molar-refractivity contribution is 5.83. The van der Waals surface area contributed by atoms with Crippen molar-refractivity contribution in [1.82, 2.24) is 9.55 Å². The number of fused-ring (bicyclic) bond motifs is 1. The van der Waals surface area contributed by atoms with Crippen LogP contribution in [-0.4, -0.2) is 16.1 Å². The molecule has 0 spiro atoms. The third-order valence-electron chi connectivity index (χ3n) is 4.92. The molecule has 4 aromatic rings. The number of hydrogen-bond donors (Lipinski definition) is 1. The Bertz CT molecular complexity index is 1170. The van der Waals surface area contributed by atoms with Gasteiger partial charge in [-0.3, -0.25) is 0 Å². The topological polar surface area (TPSA) is 76.9 Å². The van der Waals surface area contributed by atoms with Crippen molar-refractivity contribution in [2.75, 3.05) is 6.54 Å². The van der Waals surface area contributed by atoms with E-state index in [1.54, 1.807) is 12.4 Å². The van der Waals surface area contributed by atoms with Crippen molar-refractivity contribution in [1.29, 1.82) is 5.26 Å². The van der Waals surface area contributed by atoms with E-state index >= 15 is 0 Å². The number of nitrogens with zero attached hydrogens (tertiary/aromatic N) is 3. The van der Waals surface area contributed by atoms with Crippen LogP contribution >= 0.6 is 0 Å². The maximum absolute atomic E-state index is 9.51. The van der Waals surface area contributed by atoms with Crippen LogP contribution in [0.3, 0.4) is 0 Å². The van der Waals surface area contributed by atoms with Gasteiger partial charge in [-0.15, -0.1) is 0 Å². The van der Waals surface area contributed by atoms with Gasteiger partial charge in [-0.1, -0.05) is 36.4 Å². The van der Waals surface area contributed by atoms with Crippen molar-refractivity contribution in [2.45, 2.75) is 5.92 Å². The predicted octanol–water partition coefficient (Wildman–Crippen LogP) is 4.33. The van der Waals surface area contributed by atoms with Gasteiger partial charge < -0.3 is 15.0 Å². The summed E-state index contributed by atoms with van der Waals surface area (Å²) < 4.78 is 8.06. The second-order valence-corrected chi connectivity index (χ2v) is 6.70. The average Bonchev–Trinajstić information content (AvgIpc) is 3.14. The van der Waals surface area contributed by atoms with Crippen LogP contribution in [0.1, 0.15) is 22.7 Å². The second kappa shape index (κ2) is 7.55. The zero-order chi connectivity index (χ0) is 19.5. The highest BCUT2D eigenvalue weighted by atomic mass is 16.5. The first-order valence-electron chi connectivity index (χ1n) is 9.06. The Morgan fingerprint density at radius 2 is 1.93 bits per heavy atom. The molecule has 0 bridgehead atoms. The molecule has 0 saturated heterocycles. The van der Waals surface area contributed by atoms with Crippen molar-refractivity contribution < 1.29 is 4.74 Å². The van der Waals surface area contributed by atoms with E-state index in [4.69, 9.17) is 10.5 Å². The fraction of sp³-hybridized carbons (Fsp3) is 0.130. The van der Waals surface area contributed by atoms with Crippen molar-refractivity contribution in [2.24, 2.45) is 12.8 Å². The number of nitrogens with two attached hydrogens (primary N) is 1. The Kier molecular flexibility index (Phi) is 4.79. The largest absolute Gasteiger partial charge is 0.456 e. The molecule has 5 heteroatoms. The Hall–Kier alpha value is -3.62. The van der Waals surface area contributed by atoms with Gasteiger partial charge in [-0.05, 0) is 40.6 Å². The van der Waals surface area contributed by atoms with E-state index in [1.807, 2.05) is 66.3 Å². The molecule has 2 N–H and O–H groups in total. The summed E-state index contributed by atoms with van der Waals surface area (Å²) in [5.41, 5.74) is 8.54. The smallest absolute Gasteiger partial charge is 0.145 e. The quantitative estimate of drug-likeness (QED) is 0.569. The van der Waals surface area contributed by atoms with E-state index in [-0.39, 0.29) is 5.92 Å². The Morgan fingerprint density at radius 1 is 1.11 bits per heavy atom. The van der Waals surface area contributed by atoms with Crippen molar-refractivity contribution in [3.05, 3.63) is 90.0 Å². The number of nitriles is 1. The van der Waals surface area contributed by atoms with Crippen LogP contribution in [-0.2, 0) is 7.05 Å². The molecule has 0 aliphatic carbocycles. The molecule has 138 valence electrons. The number of aromatic nitrogens is 2. The molecular weight excluding hydrogens is 348 g/mol. The Morgan fingerprint density at radius 3 is 2.64 bits per heavy atom. The second-order valence-electron chi connectivity index (χ2n) is 6.70. The van der Waals surface area contributed by atoms with E-state index in [2.05, 4.69) is 17.1 Å². The molecule has 5 nitrogen and oxygen atoms in total. The summed E-state index contributed by atoms with van der Waals surface area (Å²) >= 11 is 0. The summed E-state index contributed by atoms with van der Waals surface area (Å²) in [5, 5.41) is 11.7. The number of rotatable bonds is 5. The van der Waals surface area contributed by atoms with E-state index in [9.17, 15) is 5.26 Å². The van der Waals surface area contributed by atoms with Crippen LogP contribution in [0.4, 0.5) is 0 Å². The fourth-order valence-corrected chi connectivity index (χ4v) is 3.42. The molecule has 4 rings (SSSR count). The average molecular weight is 368 g/mol. The Labute approximate surface area is 163 Å². The van der Waals surface area contributed by atoms with Crippen LogP contribution in [0.25, 0.3) is 10.8 Å². The normalized spacial score (nSPS) is 11.9. The summed E-state index contributed by atoms with van der Waals surface area (Å²) in [6.45, 7) is 0.431. The molecule has 0 radical (unpaired) electrons. The molecule has 0 aliphatic heterocycles. The van der Waals surface area contributed by atoms with Crippen LogP contribution in [0, 0.1) is 11.3 Å². The first kappa shape index (κ1) is 17.8. The fourth-order valence-electron chi connectivity index (χ4n) is 3.42. The van der Waals surface area contributed by atoms with Gasteiger partial charge in [0.05, 0.1) is 11.9 Å². The van der Waals surface area contributed by atoms with Crippen LogP contribution in [0.2, 0.25) is 0 Å². The minimum absolute atomic E-state index is 0.0285. The van der Waals surface area contributed by atoms with Crippen LogP contribution in [0.5, 0.6) is 11.5 Å². The monoisotopic (exact) mass is 368 g/mol. The zero-order valence-electron chi connectivity index (χ0n) is 15.5. The van der Waals surface area contributed by atoms with Crippen LogP contribution in [0.15, 0.2) is 73.2 Å². The van der Waals surface area contributed by atoms with Gasteiger partial charge in [-0.25, -0.2) is 4.98 Å². The van der Waals surface area contributed by atoms with E-state index < -0.39 is 0 Å². The molecule has 0 fully saturated rings. The molecule has 3 aromatic carbocycles. The molecule has 1 unspecified atom stereocenters. The first-order chi connectivity index (χ1) is 13.7. The minimum Gasteiger partial charge on any atom is -0.456 e. The third-order valence-corrected chi connectivity index (χ3v) is 4.92. The lowest BCUT2D eigenvalue weighted by molar-refractivity contribution is 0.480. The lowest BCUT2D eigenvalue weighted by Crippen LogP contribution is -2.16. The molecule has 28 heavy (non-hydrogen) atoms. The van der Waals surface area contributed by atoms with Gasteiger partial charge in [0.2, 0.25) is 0 Å². The van der Waals surface area contributed by atoms with E-state index in [0.717, 1.165) is 22.0 Å². The maximum Gasteiger partial charge on any atom is 0.145 e. The van der Waals surface area contributed by atoms with Gasteiger partial charge >= 0.3 is 0 Å². The van der Waals surface area contributed by atoms with Gasteiger partial charge in [0.25, 0.3) is 0 Å². The van der Waals surface area contributed by atoms with Gasteiger partial charge in [-0.2, -0.15) is 5.26 Å². The molecular formula is C23H20N4O. The highest BCUT2D eigenvalue weighted by Gasteiger charge is 2.18. The highest BCUT2D eigenvalue weighted by Crippen LogP contribution is 2.32. The standard InChI is InChI=1S/C23H20N4O/c1-27-15-26-14-22(27)21(13-25)18-6-7-19(12-24)23(11-18)28-20-9-8-16-4-2-3-5-17(16)10-20/h2-11,14-15,21H,13,25H2,1H3. The van der Waals surface area contributed by atoms with Crippen molar-refractivity contribution in [3.63, 3.8) is 0 Å². The van der Waals surface area contributed by atoms with Crippen LogP contribution < -0.4 is 10.5 Å². The van der Waals surface area contributed by atoms with E-state index in [1.165, 1.54) is 0 Å². The van der Waals surface area contributed by atoms with Gasteiger partial charge in [0, 0.05) is 31.4 Å². The molecule has 0 amide bonds. The lowest BCUT2D eigenvalue weighted by atomic mass is 9.94. The number of imidazole rings is 1. The number of benzene rings is 3. The molecule has 1 aromatic heterocycles. The minimum atomic E-state index is -0.0285. The van der Waals surface area contributed by atoms with Crippen molar-refractivity contribution >= 4 is 10.8 Å². The summed E-state index contributed by atoms with van der Waals surface area (Å²) in [6, 6.07) is 21.8. The zero-order valence-corrected chi connectivity index (χ0v) is 15.5. The third kappa shape index (κ3) is 3.34. The predicted molar refractivity (Wildman–Crippen MR) is 109 cm³/mol. The number of hydrogen-bond acceptors (Lipinski definition) is 4. The summed E-state index contributed by atoms with van der Waals surface area (Å²) in [7, 11) is 1.95. The Balaban J connectivity index is 1.72. The first-order valence-corrected chi connectivity index (χ1v) is 9.06. The summed E-state index contributed by atoms with van der Waals surface area (Å²) in [4.78, 5) is 4.19. The molecule has 1 heterocycles. The van der Waals surface area contributed by atoms with Crippen molar-refractivity contribution in [3.8, 4) is 17.6 Å². The number of ether oxygens (including phenoxy) is 1. The summed E-state index contributed by atoms with van der Waals surface area (Å²) in [5.74, 6) is 1.19. The SMILES string of the molecule is Cn1cncc1C(CN)c1ccc(C#N)c(Oc2ccc3ccccc3c2)c1. The molecule has 0 aliphatic rings. The summed E-state index contributed by atoms with van der Waals surface area (Å²) in [6.07, 6.45) is 3.58. The lowest BCUT2D eigenvalue weighted by Gasteiger charge is -2.18. The number of aryl methyl sites for hydroxylation is 1. The maximum atomic E-state index is 9.51. The van der Waals surface area contributed by atoms with E-state index in [0.29, 0.717) is 23.6 Å². The molecule has 1 atom stereocenters. The van der Waals surface area contributed by atoms with Gasteiger partial charge in [0.15, 0.2) is 0 Å².